The van der Waals surface area contributed by atoms with Crippen molar-refractivity contribution in [3.05, 3.63) is 71.8 Å². The number of rotatable bonds is 12. The maximum absolute atomic E-state index is 13.3. The van der Waals surface area contributed by atoms with E-state index in [1.165, 1.54) is 7.11 Å². The van der Waals surface area contributed by atoms with Crippen molar-refractivity contribution >= 4 is 11.8 Å². The molecule has 0 spiro atoms. The maximum Gasteiger partial charge on any atom is 0.310 e. The van der Waals surface area contributed by atoms with Gasteiger partial charge in [-0.25, -0.2) is 0 Å². The highest BCUT2D eigenvalue weighted by Crippen LogP contribution is 2.39. The second-order valence-corrected chi connectivity index (χ2v) is 8.67. The number of carboxylic acids is 1. The molecule has 0 aromatic heterocycles. The molecule has 0 radical (unpaired) electrons. The first-order valence-corrected chi connectivity index (χ1v) is 11.1. The summed E-state index contributed by atoms with van der Waals surface area (Å²) in [7, 11) is 1.42. The minimum atomic E-state index is -1.50. The first kappa shape index (κ1) is 25.1. The summed E-state index contributed by atoms with van der Waals surface area (Å²) in [5, 5.41) is 9.33. The molecule has 178 valence electrons. The van der Waals surface area contributed by atoms with Gasteiger partial charge < -0.3 is 24.1 Å². The van der Waals surface area contributed by atoms with Crippen LogP contribution in [0.15, 0.2) is 60.7 Å². The van der Waals surface area contributed by atoms with Gasteiger partial charge in [-0.1, -0.05) is 60.7 Å². The Balaban J connectivity index is 1.83. The Labute approximate surface area is 194 Å². The molecular formula is C26H32O7. The number of aliphatic carboxylic acids is 1. The summed E-state index contributed by atoms with van der Waals surface area (Å²) in [5.41, 5.74) is 0.524. The number of methoxy groups -OCH3 is 1. The summed E-state index contributed by atoms with van der Waals surface area (Å²) in [6.45, 7) is 4.06. The van der Waals surface area contributed by atoms with Crippen LogP contribution in [0.1, 0.15) is 37.8 Å². The summed E-state index contributed by atoms with van der Waals surface area (Å²) >= 11 is 0. The van der Waals surface area contributed by atoms with Gasteiger partial charge in [0.05, 0.1) is 13.2 Å². The van der Waals surface area contributed by atoms with Crippen LogP contribution in [0, 0.1) is 0 Å². The normalized spacial score (nSPS) is 21.4. The van der Waals surface area contributed by atoms with Crippen LogP contribution in [-0.4, -0.2) is 54.2 Å². The molecule has 3 rings (SSSR count). The molecule has 7 nitrogen and oxygen atoms in total. The van der Waals surface area contributed by atoms with Crippen molar-refractivity contribution in [2.24, 2.45) is 0 Å². The average Bonchev–Trinajstić information content (AvgIpc) is 3.10. The number of ketones is 1. The van der Waals surface area contributed by atoms with Gasteiger partial charge in [0.25, 0.3) is 0 Å². The fourth-order valence-corrected chi connectivity index (χ4v) is 4.25. The topological polar surface area (TPSA) is 91.3 Å². The molecule has 2 aromatic carbocycles. The maximum atomic E-state index is 13.3. The molecule has 1 heterocycles. The van der Waals surface area contributed by atoms with Crippen LogP contribution in [0.25, 0.3) is 0 Å². The molecule has 0 amide bonds. The van der Waals surface area contributed by atoms with Crippen LogP contribution < -0.4 is 0 Å². The molecule has 1 N–H and O–H groups in total. The third kappa shape index (κ3) is 6.48. The van der Waals surface area contributed by atoms with Crippen molar-refractivity contribution < 1.29 is 33.6 Å². The minimum Gasteiger partial charge on any atom is -0.481 e. The lowest BCUT2D eigenvalue weighted by atomic mass is 9.81. The Bertz CT molecular complexity index is 913. The van der Waals surface area contributed by atoms with E-state index in [-0.39, 0.29) is 13.0 Å². The van der Waals surface area contributed by atoms with E-state index in [9.17, 15) is 14.7 Å². The lowest BCUT2D eigenvalue weighted by Crippen LogP contribution is -2.57. The monoisotopic (exact) mass is 456 g/mol. The van der Waals surface area contributed by atoms with Crippen LogP contribution >= 0.6 is 0 Å². The van der Waals surface area contributed by atoms with E-state index < -0.39 is 41.8 Å². The van der Waals surface area contributed by atoms with E-state index in [0.29, 0.717) is 13.0 Å². The van der Waals surface area contributed by atoms with E-state index in [0.717, 1.165) is 11.1 Å². The highest BCUT2D eigenvalue weighted by atomic mass is 16.8. The molecule has 1 saturated heterocycles. The molecule has 33 heavy (non-hydrogen) atoms. The van der Waals surface area contributed by atoms with E-state index in [1.54, 1.807) is 13.8 Å². The van der Waals surface area contributed by atoms with Crippen molar-refractivity contribution in [2.75, 3.05) is 13.7 Å². The molecule has 7 heteroatoms. The van der Waals surface area contributed by atoms with Crippen molar-refractivity contribution in [3.8, 4) is 0 Å². The van der Waals surface area contributed by atoms with Gasteiger partial charge >= 0.3 is 5.97 Å². The number of carbonyl (C=O) groups is 2. The first-order valence-electron chi connectivity index (χ1n) is 11.1. The third-order valence-electron chi connectivity index (χ3n) is 5.81. The zero-order chi connectivity index (χ0) is 23.9. The highest BCUT2D eigenvalue weighted by molar-refractivity contribution is 6.00. The van der Waals surface area contributed by atoms with Crippen LogP contribution in [0.2, 0.25) is 0 Å². The van der Waals surface area contributed by atoms with Crippen molar-refractivity contribution in [3.63, 3.8) is 0 Å². The zero-order valence-corrected chi connectivity index (χ0v) is 19.4. The Kier molecular flexibility index (Phi) is 8.37. The lowest BCUT2D eigenvalue weighted by Gasteiger charge is -2.37. The summed E-state index contributed by atoms with van der Waals surface area (Å²) in [4.78, 5) is 24.7. The van der Waals surface area contributed by atoms with Gasteiger partial charge in [-0.15, -0.1) is 0 Å². The lowest BCUT2D eigenvalue weighted by molar-refractivity contribution is -0.185. The van der Waals surface area contributed by atoms with Crippen molar-refractivity contribution in [1.82, 2.24) is 0 Å². The number of aryl methyl sites for hydroxylation is 1. The molecule has 1 aliphatic heterocycles. The van der Waals surface area contributed by atoms with E-state index in [2.05, 4.69) is 0 Å². The quantitative estimate of drug-likeness (QED) is 0.486. The number of hydrogen-bond donors (Lipinski definition) is 1. The number of carboxylic acid groups (broad SMARTS) is 1. The Hall–Kier alpha value is -2.58. The van der Waals surface area contributed by atoms with Crippen LogP contribution in [-0.2, 0) is 41.6 Å². The second-order valence-electron chi connectivity index (χ2n) is 8.67. The van der Waals surface area contributed by atoms with Crippen LogP contribution in [0.3, 0.4) is 0 Å². The van der Waals surface area contributed by atoms with E-state index >= 15 is 0 Å². The van der Waals surface area contributed by atoms with Crippen LogP contribution in [0.5, 0.6) is 0 Å². The number of hydrogen-bond acceptors (Lipinski definition) is 6. The average molecular weight is 457 g/mol. The number of Topliss-reactive ketones (excluding diaryl/α,β-unsaturated/α-hetero) is 1. The molecule has 1 aliphatic rings. The molecule has 3 atom stereocenters. The molecule has 1 fully saturated rings. The van der Waals surface area contributed by atoms with Gasteiger partial charge in [0.2, 0.25) is 0 Å². The number of carbonyl (C=O) groups excluding carboxylic acids is 1. The smallest absolute Gasteiger partial charge is 0.310 e. The fraction of sp³-hybridized carbons (Fsp3) is 0.462. The second kappa shape index (κ2) is 11.0. The summed E-state index contributed by atoms with van der Waals surface area (Å²) < 4.78 is 24.0. The Morgan fingerprint density at radius 2 is 1.61 bits per heavy atom. The molecule has 0 aliphatic carbocycles. The predicted molar refractivity (Wildman–Crippen MR) is 122 cm³/mol. The van der Waals surface area contributed by atoms with Gasteiger partial charge in [0, 0.05) is 7.11 Å². The van der Waals surface area contributed by atoms with Crippen LogP contribution in [0.4, 0.5) is 0 Å². The van der Waals surface area contributed by atoms with Gasteiger partial charge in [0.15, 0.2) is 17.2 Å². The van der Waals surface area contributed by atoms with E-state index in [1.807, 2.05) is 60.7 Å². The standard InChI is InChI=1S/C26H32O7/c1-25(2)32-21(18-31-17-20-12-8-5-9-13-20)24(33-25)26(30-3,22(27)16-23(28)29)15-14-19-10-6-4-7-11-19/h4-13,21,24H,14-18H2,1-3H3,(H,28,29). The van der Waals surface area contributed by atoms with Gasteiger partial charge in [-0.3, -0.25) is 9.59 Å². The van der Waals surface area contributed by atoms with Gasteiger partial charge in [0.1, 0.15) is 18.6 Å². The van der Waals surface area contributed by atoms with Gasteiger partial charge in [-0.05, 0) is 37.8 Å². The predicted octanol–water partition coefficient (Wildman–Crippen LogP) is 3.79. The molecule has 0 saturated carbocycles. The Morgan fingerprint density at radius 1 is 1.00 bits per heavy atom. The van der Waals surface area contributed by atoms with Crippen molar-refractivity contribution in [2.45, 2.75) is 63.3 Å². The van der Waals surface area contributed by atoms with E-state index in [4.69, 9.17) is 18.9 Å². The van der Waals surface area contributed by atoms with Gasteiger partial charge in [-0.2, -0.15) is 0 Å². The summed E-state index contributed by atoms with van der Waals surface area (Å²) in [6.07, 6.45) is -1.35. The zero-order valence-electron chi connectivity index (χ0n) is 19.4. The number of ether oxygens (including phenoxy) is 4. The molecule has 0 bridgehead atoms. The summed E-state index contributed by atoms with van der Waals surface area (Å²) in [6, 6.07) is 19.4. The third-order valence-corrected chi connectivity index (χ3v) is 5.81. The largest absolute Gasteiger partial charge is 0.481 e. The fourth-order valence-electron chi connectivity index (χ4n) is 4.25. The SMILES string of the molecule is COC(CCc1ccccc1)(C(=O)CC(=O)O)C1OC(C)(C)OC1COCc1ccccc1. The van der Waals surface area contributed by atoms with Crippen molar-refractivity contribution in [1.29, 1.82) is 0 Å². The minimum absolute atomic E-state index is 0.166. The first-order chi connectivity index (χ1) is 15.8. The highest BCUT2D eigenvalue weighted by Gasteiger charge is 2.56. The molecular weight excluding hydrogens is 424 g/mol. The molecule has 3 unspecified atom stereocenters. The Morgan fingerprint density at radius 3 is 2.18 bits per heavy atom. The molecule has 2 aromatic rings. The summed E-state index contributed by atoms with van der Waals surface area (Å²) in [5.74, 6) is -2.74. The number of benzene rings is 2.